The third-order valence-corrected chi connectivity index (χ3v) is 6.79. The molecule has 2 aromatic rings. The zero-order valence-corrected chi connectivity index (χ0v) is 18.9. The largest absolute Gasteiger partial charge is 0.497 e. The van der Waals surface area contributed by atoms with Gasteiger partial charge in [0.05, 0.1) is 7.11 Å². The smallest absolute Gasteiger partial charge is 0.226 e. The average molecular weight is 436 g/mol. The molecule has 2 fully saturated rings. The summed E-state index contributed by atoms with van der Waals surface area (Å²) < 4.78 is 5.20. The van der Waals surface area contributed by atoms with Crippen LogP contribution in [0.3, 0.4) is 0 Å². The number of likely N-dealkylation sites (tertiary alicyclic amines) is 1. The van der Waals surface area contributed by atoms with Gasteiger partial charge in [-0.25, -0.2) is 0 Å². The van der Waals surface area contributed by atoms with Crippen molar-refractivity contribution in [3.05, 3.63) is 59.9 Å². The number of hydrogen-bond acceptors (Lipinski definition) is 4. The van der Waals surface area contributed by atoms with Crippen LogP contribution in [0.25, 0.3) is 0 Å². The van der Waals surface area contributed by atoms with Crippen LogP contribution in [0.2, 0.25) is 0 Å². The normalized spacial score (nSPS) is 18.7. The highest BCUT2D eigenvalue weighted by atomic mass is 16.5. The zero-order valence-electron chi connectivity index (χ0n) is 18.9. The molecule has 6 nitrogen and oxygen atoms in total. The fourth-order valence-electron chi connectivity index (χ4n) is 4.60. The molecular formula is C26H33N3O3. The number of pyridine rings is 1. The Bertz CT molecular complexity index is 896. The van der Waals surface area contributed by atoms with Crippen LogP contribution in [0.1, 0.15) is 49.7 Å². The Labute approximate surface area is 190 Å². The highest BCUT2D eigenvalue weighted by Crippen LogP contribution is 2.31. The summed E-state index contributed by atoms with van der Waals surface area (Å²) in [6, 6.07) is 11.9. The number of carbonyl (C=O) groups is 2. The first kappa shape index (κ1) is 22.3. The summed E-state index contributed by atoms with van der Waals surface area (Å²) in [5.74, 6) is 1.39. The second kappa shape index (κ2) is 10.6. The molecule has 1 saturated heterocycles. The van der Waals surface area contributed by atoms with Gasteiger partial charge in [-0.3, -0.25) is 14.6 Å². The number of carbonyl (C=O) groups excluding carboxylic acids is 2. The lowest BCUT2D eigenvalue weighted by Crippen LogP contribution is -2.53. The number of nitrogens with zero attached hydrogens (tertiary/aromatic N) is 3. The van der Waals surface area contributed by atoms with E-state index in [2.05, 4.69) is 4.98 Å². The van der Waals surface area contributed by atoms with Crippen molar-refractivity contribution in [3.63, 3.8) is 0 Å². The van der Waals surface area contributed by atoms with Crippen molar-refractivity contribution in [2.24, 2.45) is 5.92 Å². The second-order valence-corrected chi connectivity index (χ2v) is 8.94. The number of piperidine rings is 1. The molecule has 1 unspecified atom stereocenters. The lowest BCUT2D eigenvalue weighted by molar-refractivity contribution is -0.145. The first-order valence-corrected chi connectivity index (χ1v) is 11.7. The van der Waals surface area contributed by atoms with E-state index in [1.54, 1.807) is 13.3 Å². The highest BCUT2D eigenvalue weighted by molar-refractivity contribution is 5.80. The lowest BCUT2D eigenvalue weighted by Gasteiger charge is -2.42. The molecule has 0 bridgehead atoms. The van der Waals surface area contributed by atoms with Crippen LogP contribution in [-0.4, -0.2) is 52.8 Å². The number of hydrogen-bond donors (Lipinski definition) is 0. The number of benzene rings is 1. The molecule has 32 heavy (non-hydrogen) atoms. The maximum atomic E-state index is 13.3. The summed E-state index contributed by atoms with van der Waals surface area (Å²) in [4.78, 5) is 34.5. The molecule has 1 saturated carbocycles. The molecule has 1 aliphatic carbocycles. The number of amides is 2. The van der Waals surface area contributed by atoms with E-state index < -0.39 is 0 Å². The van der Waals surface area contributed by atoms with Gasteiger partial charge in [0.25, 0.3) is 0 Å². The van der Waals surface area contributed by atoms with Crippen LogP contribution in [0.15, 0.2) is 48.8 Å². The Hall–Kier alpha value is -2.89. The number of rotatable bonds is 8. The molecule has 4 rings (SSSR count). The molecule has 1 aromatic heterocycles. The molecule has 2 amide bonds. The molecule has 2 heterocycles. The van der Waals surface area contributed by atoms with E-state index in [1.807, 2.05) is 52.4 Å². The monoisotopic (exact) mass is 435 g/mol. The Kier molecular flexibility index (Phi) is 7.40. The van der Waals surface area contributed by atoms with Gasteiger partial charge in [-0.1, -0.05) is 24.6 Å². The van der Waals surface area contributed by atoms with Crippen molar-refractivity contribution >= 4 is 11.8 Å². The number of ether oxygens (including phenoxy) is 1. The van der Waals surface area contributed by atoms with Crippen molar-refractivity contribution < 1.29 is 14.3 Å². The van der Waals surface area contributed by atoms with E-state index in [9.17, 15) is 9.59 Å². The van der Waals surface area contributed by atoms with Crippen LogP contribution in [0, 0.1) is 5.92 Å². The minimum atomic E-state index is 0.0713. The van der Waals surface area contributed by atoms with Crippen molar-refractivity contribution in [1.29, 1.82) is 0 Å². The van der Waals surface area contributed by atoms with Gasteiger partial charge in [0.1, 0.15) is 5.75 Å². The van der Waals surface area contributed by atoms with Crippen molar-refractivity contribution in [1.82, 2.24) is 14.8 Å². The molecule has 0 radical (unpaired) electrons. The van der Waals surface area contributed by atoms with E-state index in [0.29, 0.717) is 25.9 Å². The maximum Gasteiger partial charge on any atom is 0.226 e. The molecule has 1 atom stereocenters. The second-order valence-electron chi connectivity index (χ2n) is 8.94. The quantitative estimate of drug-likeness (QED) is 0.632. The maximum absolute atomic E-state index is 13.3. The van der Waals surface area contributed by atoms with Crippen LogP contribution in [0.5, 0.6) is 5.75 Å². The van der Waals surface area contributed by atoms with E-state index in [0.717, 1.165) is 55.5 Å². The Morgan fingerprint density at radius 3 is 2.56 bits per heavy atom. The summed E-state index contributed by atoms with van der Waals surface area (Å²) in [5.41, 5.74) is 2.18. The van der Waals surface area contributed by atoms with Gasteiger partial charge in [-0.05, 0) is 61.4 Å². The summed E-state index contributed by atoms with van der Waals surface area (Å²) in [6.07, 6.45) is 9.77. The van der Waals surface area contributed by atoms with Gasteiger partial charge in [-0.15, -0.1) is 0 Å². The highest BCUT2D eigenvalue weighted by Gasteiger charge is 2.35. The number of methoxy groups -OCH3 is 1. The van der Waals surface area contributed by atoms with Crippen molar-refractivity contribution in [2.45, 2.75) is 57.5 Å². The number of aromatic nitrogens is 1. The molecule has 2 aliphatic rings. The summed E-state index contributed by atoms with van der Waals surface area (Å²) in [7, 11) is 1.65. The summed E-state index contributed by atoms with van der Waals surface area (Å²) in [6.45, 7) is 1.97. The standard InChI is InChI=1S/C26H33N3O3/c1-32-24-12-9-20(10-13-24)11-14-25(30)28-16-4-8-23(19-28)29(26(31)22-6-2-7-22)18-21-5-3-15-27-17-21/h3,5,9-10,12-13,15,17,22-23H,2,4,6-8,11,14,16,18-19H2,1H3. The molecule has 170 valence electrons. The van der Waals surface area contributed by atoms with Gasteiger partial charge >= 0.3 is 0 Å². The van der Waals surface area contributed by atoms with Crippen LogP contribution in [0.4, 0.5) is 0 Å². The van der Waals surface area contributed by atoms with Gasteiger partial charge in [0.2, 0.25) is 11.8 Å². The van der Waals surface area contributed by atoms with Crippen molar-refractivity contribution in [2.75, 3.05) is 20.2 Å². The molecule has 1 aromatic carbocycles. The first-order chi connectivity index (χ1) is 15.6. The molecular weight excluding hydrogens is 402 g/mol. The molecule has 1 aliphatic heterocycles. The summed E-state index contributed by atoms with van der Waals surface area (Å²) >= 11 is 0. The fourth-order valence-corrected chi connectivity index (χ4v) is 4.60. The number of aryl methyl sites for hydroxylation is 1. The SMILES string of the molecule is COc1ccc(CCC(=O)N2CCCC(N(Cc3cccnc3)C(=O)C3CCC3)C2)cc1. The van der Waals surface area contributed by atoms with Gasteiger partial charge < -0.3 is 14.5 Å². The lowest BCUT2D eigenvalue weighted by atomic mass is 9.83. The third kappa shape index (κ3) is 5.47. The van der Waals surface area contributed by atoms with E-state index in [-0.39, 0.29) is 23.8 Å². The molecule has 6 heteroatoms. The van der Waals surface area contributed by atoms with E-state index in [1.165, 1.54) is 0 Å². The van der Waals surface area contributed by atoms with Crippen LogP contribution in [-0.2, 0) is 22.6 Å². The van der Waals surface area contributed by atoms with E-state index >= 15 is 0 Å². The topological polar surface area (TPSA) is 62.7 Å². The molecule has 0 spiro atoms. The fraction of sp³-hybridized carbons (Fsp3) is 0.500. The van der Waals surface area contributed by atoms with Crippen molar-refractivity contribution in [3.8, 4) is 5.75 Å². The van der Waals surface area contributed by atoms with Gasteiger partial charge in [-0.2, -0.15) is 0 Å². The zero-order chi connectivity index (χ0) is 22.3. The minimum Gasteiger partial charge on any atom is -0.497 e. The predicted octanol–water partition coefficient (Wildman–Crippen LogP) is 3.84. The van der Waals surface area contributed by atoms with Crippen LogP contribution >= 0.6 is 0 Å². The third-order valence-electron chi connectivity index (χ3n) is 6.79. The Balaban J connectivity index is 1.38. The van der Waals surface area contributed by atoms with E-state index in [4.69, 9.17) is 4.74 Å². The van der Waals surface area contributed by atoms with Crippen LogP contribution < -0.4 is 4.74 Å². The Morgan fingerprint density at radius 2 is 1.91 bits per heavy atom. The average Bonchev–Trinajstić information content (AvgIpc) is 2.81. The minimum absolute atomic E-state index is 0.0713. The van der Waals surface area contributed by atoms with Gasteiger partial charge in [0, 0.05) is 50.4 Å². The Morgan fingerprint density at radius 1 is 1.09 bits per heavy atom. The van der Waals surface area contributed by atoms with Gasteiger partial charge in [0.15, 0.2) is 0 Å². The predicted molar refractivity (Wildman–Crippen MR) is 123 cm³/mol. The molecule has 0 N–H and O–H groups in total. The first-order valence-electron chi connectivity index (χ1n) is 11.7. The summed E-state index contributed by atoms with van der Waals surface area (Å²) in [5, 5.41) is 0.